The van der Waals surface area contributed by atoms with Crippen molar-refractivity contribution in [3.8, 4) is 0 Å². The summed E-state index contributed by atoms with van der Waals surface area (Å²) in [6.45, 7) is 0. The molecule has 13 heteroatoms. The van der Waals surface area contributed by atoms with Gasteiger partial charge >= 0.3 is 53.4 Å². The van der Waals surface area contributed by atoms with Crippen molar-refractivity contribution < 1.29 is 44.7 Å². The maximum absolute atomic E-state index is 10.3. The van der Waals surface area contributed by atoms with Gasteiger partial charge in [0.15, 0.2) is 5.60 Å². The van der Waals surface area contributed by atoms with Crippen molar-refractivity contribution in [2.24, 2.45) is 5.73 Å². The third-order valence-corrected chi connectivity index (χ3v) is 2.59. The average Bonchev–Trinajstić information content (AvgIpc) is 2.90. The average molecular weight is 371 g/mol. The first-order chi connectivity index (χ1) is 11.0. The van der Waals surface area contributed by atoms with Gasteiger partial charge in [-0.1, -0.05) is 0 Å². The van der Waals surface area contributed by atoms with E-state index in [9.17, 15) is 19.2 Å². The quantitative estimate of drug-likeness (QED) is 0.236. The van der Waals surface area contributed by atoms with E-state index in [2.05, 4.69) is 9.97 Å². The molecule has 12 nitrogen and oxygen atoms in total. The summed E-state index contributed by atoms with van der Waals surface area (Å²) in [4.78, 5) is 47.3. The molecule has 8 N–H and O–H groups in total. The van der Waals surface area contributed by atoms with Crippen molar-refractivity contribution in [1.29, 1.82) is 0 Å². The Morgan fingerprint density at radius 3 is 1.88 bits per heavy atom. The molecule has 0 saturated heterocycles. The third kappa shape index (κ3) is 10.5. The number of imidazole rings is 1. The summed E-state index contributed by atoms with van der Waals surface area (Å²) >= 11 is 0. The molecule has 0 aromatic carbocycles. The van der Waals surface area contributed by atoms with E-state index in [4.69, 9.17) is 31.3 Å². The molecular weight excluding hydrogens is 353 g/mol. The van der Waals surface area contributed by atoms with Gasteiger partial charge < -0.3 is 36.3 Å². The van der Waals surface area contributed by atoms with Gasteiger partial charge in [0, 0.05) is 12.6 Å². The van der Waals surface area contributed by atoms with Gasteiger partial charge in [-0.2, -0.15) is 0 Å². The van der Waals surface area contributed by atoms with Crippen LogP contribution in [0.1, 0.15) is 18.5 Å². The maximum atomic E-state index is 10.3. The van der Waals surface area contributed by atoms with E-state index < -0.39 is 48.4 Å². The van der Waals surface area contributed by atoms with Crippen LogP contribution in [0.25, 0.3) is 0 Å². The van der Waals surface area contributed by atoms with Gasteiger partial charge in [-0.15, -0.1) is 0 Å². The number of aromatic amines is 1. The molecule has 25 heavy (non-hydrogen) atoms. The molecule has 0 aliphatic rings. The van der Waals surface area contributed by atoms with Crippen LogP contribution in [0.2, 0.25) is 0 Å². The number of hydrogen-bond acceptors (Lipinski definition) is 7. The topological polar surface area (TPSA) is 224 Å². The van der Waals surface area contributed by atoms with E-state index in [-0.39, 0.29) is 36.0 Å². The zero-order chi connectivity index (χ0) is 18.9. The molecule has 1 atom stereocenters. The Morgan fingerprint density at radius 1 is 1.12 bits per heavy atom. The van der Waals surface area contributed by atoms with Crippen molar-refractivity contribution in [3.05, 3.63) is 18.2 Å². The van der Waals surface area contributed by atoms with Crippen LogP contribution in [-0.4, -0.2) is 101 Å². The second kappa shape index (κ2) is 11.5. The fourth-order valence-corrected chi connectivity index (χ4v) is 1.43. The molecule has 0 saturated carbocycles. The fourth-order valence-electron chi connectivity index (χ4n) is 1.43. The molecule has 0 aliphatic heterocycles. The predicted molar refractivity (Wildman–Crippen MR) is 82.1 cm³/mol. The summed E-state index contributed by atoms with van der Waals surface area (Å²) in [5.41, 5.74) is 3.18. The fraction of sp³-hybridized carbons (Fsp3) is 0.417. The number of carboxylic acid groups (broad SMARTS) is 4. The minimum absolute atomic E-state index is 0. The summed E-state index contributed by atoms with van der Waals surface area (Å²) in [6.07, 6.45) is 1.09. The Hall–Kier alpha value is -1.99. The molecule has 136 valence electrons. The molecule has 1 aromatic heterocycles. The van der Waals surface area contributed by atoms with Crippen LogP contribution in [-0.2, 0) is 25.6 Å². The Kier molecular flexibility index (Phi) is 11.7. The summed E-state index contributed by atoms with van der Waals surface area (Å²) in [5, 5.41) is 42.2. The standard InChI is InChI=1S/C6H9N3O2.C6H8O7.Na.H/c7-5(6(10)11)1-4-2-8-3-9-4;7-3(8)1-6(13,5(11)12)2-4(9)10;;/h2-3,5H,1,7H2,(H,8,9)(H,10,11);13H,1-2H2,(H,7,8)(H,9,10)(H,11,12);;. The summed E-state index contributed by atoms with van der Waals surface area (Å²) in [5.74, 6) is -6.03. The number of carboxylic acids is 4. The van der Waals surface area contributed by atoms with Gasteiger partial charge in [0.05, 0.1) is 24.9 Å². The zero-order valence-corrected chi connectivity index (χ0v) is 12.2. The van der Waals surface area contributed by atoms with E-state index >= 15 is 0 Å². The molecule has 1 rings (SSSR count). The molecule has 1 heterocycles. The minimum atomic E-state index is -2.74. The molecule has 0 fully saturated rings. The first-order valence-electron chi connectivity index (χ1n) is 6.33. The monoisotopic (exact) mass is 371 g/mol. The van der Waals surface area contributed by atoms with Gasteiger partial charge in [0.1, 0.15) is 6.04 Å². The Morgan fingerprint density at radius 2 is 1.60 bits per heavy atom. The number of nitrogens with zero attached hydrogens (tertiary/aromatic N) is 1. The van der Waals surface area contributed by atoms with Gasteiger partial charge in [-0.3, -0.25) is 14.4 Å². The molecular formula is C12H18N3NaO9. The van der Waals surface area contributed by atoms with Crippen LogP contribution < -0.4 is 5.73 Å². The van der Waals surface area contributed by atoms with Gasteiger partial charge in [-0.05, 0) is 0 Å². The van der Waals surface area contributed by atoms with Crippen LogP contribution in [0.5, 0.6) is 0 Å². The molecule has 0 spiro atoms. The molecule has 0 radical (unpaired) electrons. The van der Waals surface area contributed by atoms with E-state index in [1.54, 1.807) is 6.20 Å². The Labute approximate surface area is 163 Å². The molecule has 0 bridgehead atoms. The number of aliphatic hydroxyl groups is 1. The second-order valence-electron chi connectivity index (χ2n) is 4.69. The number of nitrogens with two attached hydrogens (primary N) is 1. The van der Waals surface area contributed by atoms with Crippen molar-refractivity contribution >= 4 is 53.4 Å². The van der Waals surface area contributed by atoms with Gasteiger partial charge in [0.2, 0.25) is 0 Å². The Balaban J connectivity index is 0. The van der Waals surface area contributed by atoms with Crippen LogP contribution >= 0.6 is 0 Å². The number of nitrogens with one attached hydrogen (secondary N) is 1. The molecule has 0 aliphatic carbocycles. The number of H-pyrrole nitrogens is 1. The van der Waals surface area contributed by atoms with Crippen LogP contribution in [0.4, 0.5) is 0 Å². The number of rotatable bonds is 8. The SMILES string of the molecule is NC(Cc1c[nH]cn1)C(=O)O.O=C(O)CC(O)(CC(=O)O)C(=O)O.[NaH]. The van der Waals surface area contributed by atoms with Crippen molar-refractivity contribution in [2.45, 2.75) is 30.9 Å². The van der Waals surface area contributed by atoms with E-state index in [0.29, 0.717) is 5.69 Å². The Bertz CT molecular complexity index is 575. The zero-order valence-electron chi connectivity index (χ0n) is 12.2. The number of aliphatic carboxylic acids is 4. The van der Waals surface area contributed by atoms with Crippen molar-refractivity contribution in [3.63, 3.8) is 0 Å². The first-order valence-corrected chi connectivity index (χ1v) is 6.33. The normalized spacial score (nSPS) is 11.3. The summed E-state index contributed by atoms with van der Waals surface area (Å²) in [7, 11) is 0. The van der Waals surface area contributed by atoms with Crippen LogP contribution in [0, 0.1) is 0 Å². The van der Waals surface area contributed by atoms with Crippen LogP contribution in [0.15, 0.2) is 12.5 Å². The number of aromatic nitrogens is 2. The van der Waals surface area contributed by atoms with Crippen molar-refractivity contribution in [2.75, 3.05) is 0 Å². The molecule has 1 aromatic rings. The number of carbonyl (C=O) groups is 4. The second-order valence-corrected chi connectivity index (χ2v) is 4.69. The van der Waals surface area contributed by atoms with Crippen molar-refractivity contribution in [1.82, 2.24) is 9.97 Å². The molecule has 0 amide bonds. The van der Waals surface area contributed by atoms with Gasteiger partial charge in [0.25, 0.3) is 0 Å². The van der Waals surface area contributed by atoms with E-state index in [1.807, 2.05) is 0 Å². The van der Waals surface area contributed by atoms with E-state index in [0.717, 1.165) is 0 Å². The summed E-state index contributed by atoms with van der Waals surface area (Å²) in [6, 6.07) is -0.863. The predicted octanol–water partition coefficient (Wildman–Crippen LogP) is -2.53. The summed E-state index contributed by atoms with van der Waals surface area (Å²) < 4.78 is 0. The first kappa shape index (κ1) is 25.3. The molecule has 1 unspecified atom stereocenters. The van der Waals surface area contributed by atoms with Gasteiger partial charge in [-0.25, -0.2) is 9.78 Å². The van der Waals surface area contributed by atoms with E-state index in [1.165, 1.54) is 6.33 Å². The van der Waals surface area contributed by atoms with Crippen LogP contribution in [0.3, 0.4) is 0 Å². The third-order valence-electron chi connectivity index (χ3n) is 2.59. The number of hydrogen-bond donors (Lipinski definition) is 7.